The van der Waals surface area contributed by atoms with Crippen LogP contribution in [-0.4, -0.2) is 14.2 Å². The molecule has 1 fully saturated rings. The molecule has 5 nitrogen and oxygen atoms in total. The smallest absolute Gasteiger partial charge is 0.334 e. The first-order chi connectivity index (χ1) is 11.6. The van der Waals surface area contributed by atoms with Crippen LogP contribution in [-0.2, 0) is 13.0 Å². The van der Waals surface area contributed by atoms with Crippen molar-refractivity contribution in [3.63, 3.8) is 0 Å². The number of benzene rings is 1. The van der Waals surface area contributed by atoms with Crippen molar-refractivity contribution in [1.82, 2.24) is 9.13 Å². The van der Waals surface area contributed by atoms with E-state index in [9.17, 15) is 14.7 Å². The summed E-state index contributed by atoms with van der Waals surface area (Å²) in [5.41, 5.74) is 1.49. The van der Waals surface area contributed by atoms with Gasteiger partial charge >= 0.3 is 5.69 Å². The Kier molecular flexibility index (Phi) is 4.88. The molecule has 0 amide bonds. The van der Waals surface area contributed by atoms with E-state index in [1.165, 1.54) is 15.2 Å². The Morgan fingerprint density at radius 3 is 2.58 bits per heavy atom. The molecule has 5 heteroatoms. The Hall–Kier alpha value is -2.30. The molecule has 0 unspecified atom stereocenters. The summed E-state index contributed by atoms with van der Waals surface area (Å²) in [5.74, 6) is -0.246. The van der Waals surface area contributed by atoms with Crippen molar-refractivity contribution in [2.45, 2.75) is 58.0 Å². The average molecular weight is 328 g/mol. The number of hydrogen-bond acceptors (Lipinski definition) is 3. The van der Waals surface area contributed by atoms with Crippen LogP contribution < -0.4 is 11.2 Å². The van der Waals surface area contributed by atoms with Gasteiger partial charge in [-0.3, -0.25) is 13.9 Å². The SMILES string of the molecule is Cc1cccc(CCn2c(O)cc(=O)n(C3CCCCC3)c2=O)c1. The molecule has 1 aliphatic carbocycles. The zero-order chi connectivity index (χ0) is 17.1. The molecule has 0 atom stereocenters. The standard InChI is InChI=1S/C19H24N2O3/c1-14-6-5-7-15(12-14)10-11-20-17(22)13-18(23)21(19(20)24)16-8-3-2-4-9-16/h5-7,12-13,16,22H,2-4,8-11H2,1H3. The first-order valence-electron chi connectivity index (χ1n) is 8.67. The molecule has 3 rings (SSSR count). The van der Waals surface area contributed by atoms with Crippen molar-refractivity contribution in [2.24, 2.45) is 0 Å². The lowest BCUT2D eigenvalue weighted by atomic mass is 9.95. The van der Waals surface area contributed by atoms with E-state index in [-0.39, 0.29) is 17.6 Å². The topological polar surface area (TPSA) is 64.2 Å². The Morgan fingerprint density at radius 2 is 1.88 bits per heavy atom. The van der Waals surface area contributed by atoms with Gasteiger partial charge in [-0.25, -0.2) is 4.79 Å². The van der Waals surface area contributed by atoms with Crippen LogP contribution in [0.2, 0.25) is 0 Å². The molecule has 1 aromatic heterocycles. The summed E-state index contributed by atoms with van der Waals surface area (Å²) in [6.45, 7) is 2.39. The average Bonchev–Trinajstić information content (AvgIpc) is 2.55. The maximum atomic E-state index is 12.8. The van der Waals surface area contributed by atoms with E-state index < -0.39 is 5.56 Å². The van der Waals surface area contributed by atoms with Crippen molar-refractivity contribution in [3.8, 4) is 5.88 Å². The number of aromatic nitrogens is 2. The molecule has 1 saturated carbocycles. The molecule has 1 aliphatic rings. The lowest BCUT2D eigenvalue weighted by molar-refractivity contribution is 0.316. The van der Waals surface area contributed by atoms with Crippen molar-refractivity contribution < 1.29 is 5.11 Å². The maximum absolute atomic E-state index is 12.8. The van der Waals surface area contributed by atoms with E-state index in [2.05, 4.69) is 6.07 Å². The largest absolute Gasteiger partial charge is 0.494 e. The number of aromatic hydroxyl groups is 1. The van der Waals surface area contributed by atoms with E-state index in [1.807, 2.05) is 25.1 Å². The monoisotopic (exact) mass is 328 g/mol. The maximum Gasteiger partial charge on any atom is 0.334 e. The summed E-state index contributed by atoms with van der Waals surface area (Å²) in [6, 6.07) is 9.22. The van der Waals surface area contributed by atoms with Crippen LogP contribution in [0.1, 0.15) is 49.3 Å². The van der Waals surface area contributed by atoms with Crippen LogP contribution in [0.25, 0.3) is 0 Å². The quantitative estimate of drug-likeness (QED) is 0.938. The third kappa shape index (κ3) is 3.45. The second kappa shape index (κ2) is 7.07. The highest BCUT2D eigenvalue weighted by molar-refractivity contribution is 5.22. The highest BCUT2D eigenvalue weighted by Gasteiger charge is 2.21. The number of nitrogens with zero attached hydrogens (tertiary/aromatic N) is 2. The van der Waals surface area contributed by atoms with Gasteiger partial charge < -0.3 is 5.11 Å². The van der Waals surface area contributed by atoms with Gasteiger partial charge in [0.15, 0.2) is 0 Å². The van der Waals surface area contributed by atoms with Gasteiger partial charge in [-0.2, -0.15) is 0 Å². The fraction of sp³-hybridized carbons (Fsp3) is 0.474. The second-order valence-corrected chi connectivity index (χ2v) is 6.68. The van der Waals surface area contributed by atoms with Crippen molar-refractivity contribution in [1.29, 1.82) is 0 Å². The van der Waals surface area contributed by atoms with Gasteiger partial charge in [0.2, 0.25) is 5.88 Å². The lowest BCUT2D eigenvalue weighted by Crippen LogP contribution is -2.42. The van der Waals surface area contributed by atoms with Gasteiger partial charge in [0, 0.05) is 12.6 Å². The normalized spacial score (nSPS) is 15.5. The number of rotatable bonds is 4. The van der Waals surface area contributed by atoms with E-state index in [0.29, 0.717) is 13.0 Å². The summed E-state index contributed by atoms with van der Waals surface area (Å²) >= 11 is 0. The Balaban J connectivity index is 1.90. The third-order valence-electron chi connectivity index (χ3n) is 4.85. The van der Waals surface area contributed by atoms with E-state index in [4.69, 9.17) is 0 Å². The van der Waals surface area contributed by atoms with Gasteiger partial charge in [-0.1, -0.05) is 49.1 Å². The number of aryl methyl sites for hydroxylation is 2. The molecule has 0 bridgehead atoms. The molecule has 0 spiro atoms. The first kappa shape index (κ1) is 16.6. The summed E-state index contributed by atoms with van der Waals surface area (Å²) in [5, 5.41) is 10.1. The summed E-state index contributed by atoms with van der Waals surface area (Å²) in [4.78, 5) is 25.0. The predicted octanol–water partition coefficient (Wildman–Crippen LogP) is 2.77. The molecule has 24 heavy (non-hydrogen) atoms. The Morgan fingerprint density at radius 1 is 1.12 bits per heavy atom. The van der Waals surface area contributed by atoms with Gasteiger partial charge in [-0.15, -0.1) is 0 Å². The van der Waals surface area contributed by atoms with Gasteiger partial charge in [0.05, 0.1) is 6.07 Å². The van der Waals surface area contributed by atoms with Gasteiger partial charge in [-0.05, 0) is 31.7 Å². The van der Waals surface area contributed by atoms with Crippen LogP contribution >= 0.6 is 0 Å². The molecule has 1 heterocycles. The molecule has 0 radical (unpaired) electrons. The molecule has 0 saturated heterocycles. The van der Waals surface area contributed by atoms with Crippen LogP contribution in [0.15, 0.2) is 39.9 Å². The molecular formula is C19H24N2O3. The minimum atomic E-state index is -0.392. The van der Waals surface area contributed by atoms with Crippen molar-refractivity contribution in [2.75, 3.05) is 0 Å². The molecule has 1 N–H and O–H groups in total. The van der Waals surface area contributed by atoms with E-state index in [1.54, 1.807) is 0 Å². The molecule has 2 aromatic rings. The highest BCUT2D eigenvalue weighted by Crippen LogP contribution is 2.26. The van der Waals surface area contributed by atoms with E-state index in [0.717, 1.165) is 43.2 Å². The fourth-order valence-electron chi connectivity index (χ4n) is 3.57. The Bertz CT molecular complexity index is 829. The Labute approximate surface area is 141 Å². The predicted molar refractivity (Wildman–Crippen MR) is 93.6 cm³/mol. The second-order valence-electron chi connectivity index (χ2n) is 6.68. The molecular weight excluding hydrogens is 304 g/mol. The van der Waals surface area contributed by atoms with Gasteiger partial charge in [0.25, 0.3) is 5.56 Å². The zero-order valence-electron chi connectivity index (χ0n) is 14.1. The van der Waals surface area contributed by atoms with E-state index >= 15 is 0 Å². The minimum Gasteiger partial charge on any atom is -0.494 e. The third-order valence-corrected chi connectivity index (χ3v) is 4.85. The van der Waals surface area contributed by atoms with Crippen LogP contribution in [0, 0.1) is 6.92 Å². The highest BCUT2D eigenvalue weighted by atomic mass is 16.3. The van der Waals surface area contributed by atoms with Gasteiger partial charge in [0.1, 0.15) is 0 Å². The van der Waals surface area contributed by atoms with Crippen molar-refractivity contribution in [3.05, 3.63) is 62.3 Å². The van der Waals surface area contributed by atoms with Crippen LogP contribution in [0.4, 0.5) is 0 Å². The minimum absolute atomic E-state index is 0.0374. The summed E-state index contributed by atoms with van der Waals surface area (Å²) in [7, 11) is 0. The van der Waals surface area contributed by atoms with Crippen molar-refractivity contribution >= 4 is 0 Å². The lowest BCUT2D eigenvalue weighted by Gasteiger charge is -2.24. The first-order valence-corrected chi connectivity index (χ1v) is 8.67. The summed E-state index contributed by atoms with van der Waals surface area (Å²) < 4.78 is 2.66. The number of hydrogen-bond donors (Lipinski definition) is 1. The zero-order valence-corrected chi connectivity index (χ0v) is 14.1. The summed E-state index contributed by atoms with van der Waals surface area (Å²) in [6.07, 6.45) is 5.60. The molecule has 1 aromatic carbocycles. The fourth-order valence-corrected chi connectivity index (χ4v) is 3.57. The van der Waals surface area contributed by atoms with Crippen LogP contribution in [0.3, 0.4) is 0 Å². The van der Waals surface area contributed by atoms with Crippen LogP contribution in [0.5, 0.6) is 5.88 Å². The molecule has 128 valence electrons. The molecule has 0 aliphatic heterocycles.